The van der Waals surface area contributed by atoms with Gasteiger partial charge in [0.2, 0.25) is 5.95 Å². The molecule has 0 amide bonds. The number of hydrogen-bond donors (Lipinski definition) is 2. The number of aromatic nitrogens is 2. The van der Waals surface area contributed by atoms with Crippen molar-refractivity contribution in [3.63, 3.8) is 0 Å². The van der Waals surface area contributed by atoms with Crippen LogP contribution in [0.15, 0.2) is 18.2 Å². The number of imidazole rings is 1. The van der Waals surface area contributed by atoms with E-state index in [0.29, 0.717) is 12.0 Å². The molecular weight excluding hydrogens is 219 g/mol. The SMILES string of the molecule is Nc1nc2ccc(F)cc2n1CC1CCCN1. The van der Waals surface area contributed by atoms with Gasteiger partial charge in [-0.1, -0.05) is 0 Å². The van der Waals surface area contributed by atoms with Crippen LogP contribution in [-0.4, -0.2) is 22.1 Å². The molecule has 0 radical (unpaired) electrons. The van der Waals surface area contributed by atoms with E-state index in [1.807, 2.05) is 4.57 Å². The van der Waals surface area contributed by atoms with E-state index in [4.69, 9.17) is 5.73 Å². The van der Waals surface area contributed by atoms with Crippen LogP contribution in [0.1, 0.15) is 12.8 Å². The topological polar surface area (TPSA) is 55.9 Å². The van der Waals surface area contributed by atoms with E-state index in [1.165, 1.54) is 18.6 Å². The van der Waals surface area contributed by atoms with E-state index in [-0.39, 0.29) is 5.82 Å². The molecule has 1 atom stereocenters. The minimum Gasteiger partial charge on any atom is -0.369 e. The van der Waals surface area contributed by atoms with Gasteiger partial charge in [0.05, 0.1) is 11.0 Å². The van der Waals surface area contributed by atoms with Crippen LogP contribution in [0.2, 0.25) is 0 Å². The number of nitrogens with zero attached hydrogens (tertiary/aromatic N) is 2. The minimum absolute atomic E-state index is 0.252. The van der Waals surface area contributed by atoms with Gasteiger partial charge in [0.1, 0.15) is 5.82 Å². The quantitative estimate of drug-likeness (QED) is 0.828. The molecule has 4 nitrogen and oxygen atoms in total. The largest absolute Gasteiger partial charge is 0.369 e. The normalized spacial score (nSPS) is 20.2. The lowest BCUT2D eigenvalue weighted by molar-refractivity contribution is 0.520. The van der Waals surface area contributed by atoms with Gasteiger partial charge in [-0.05, 0) is 37.6 Å². The van der Waals surface area contributed by atoms with Crippen LogP contribution in [0.25, 0.3) is 11.0 Å². The third-order valence-corrected chi connectivity index (χ3v) is 3.31. The summed E-state index contributed by atoms with van der Waals surface area (Å²) in [6, 6.07) is 4.98. The Morgan fingerprint density at radius 3 is 3.18 bits per heavy atom. The van der Waals surface area contributed by atoms with Gasteiger partial charge in [0.25, 0.3) is 0 Å². The van der Waals surface area contributed by atoms with Crippen LogP contribution in [0.5, 0.6) is 0 Å². The Morgan fingerprint density at radius 1 is 1.53 bits per heavy atom. The molecule has 90 valence electrons. The molecule has 1 aromatic heterocycles. The maximum atomic E-state index is 13.2. The molecule has 2 aromatic rings. The fourth-order valence-electron chi connectivity index (χ4n) is 2.44. The third-order valence-electron chi connectivity index (χ3n) is 3.31. The zero-order valence-electron chi connectivity index (χ0n) is 9.49. The minimum atomic E-state index is -0.252. The maximum Gasteiger partial charge on any atom is 0.201 e. The second kappa shape index (κ2) is 4.00. The zero-order chi connectivity index (χ0) is 11.8. The lowest BCUT2D eigenvalue weighted by atomic mass is 10.2. The Morgan fingerprint density at radius 2 is 2.41 bits per heavy atom. The average molecular weight is 234 g/mol. The molecule has 0 saturated carbocycles. The fourth-order valence-corrected chi connectivity index (χ4v) is 2.44. The number of benzene rings is 1. The number of rotatable bonds is 2. The first-order valence-electron chi connectivity index (χ1n) is 5.89. The van der Waals surface area contributed by atoms with Crippen molar-refractivity contribution < 1.29 is 4.39 Å². The molecule has 5 heteroatoms. The maximum absolute atomic E-state index is 13.2. The molecule has 0 aliphatic carbocycles. The van der Waals surface area contributed by atoms with Crippen molar-refractivity contribution in [2.75, 3.05) is 12.3 Å². The lowest BCUT2D eigenvalue weighted by Crippen LogP contribution is -2.27. The van der Waals surface area contributed by atoms with Crippen molar-refractivity contribution in [3.05, 3.63) is 24.0 Å². The van der Waals surface area contributed by atoms with Crippen molar-refractivity contribution in [2.45, 2.75) is 25.4 Å². The molecule has 1 aliphatic rings. The third kappa shape index (κ3) is 1.86. The summed E-state index contributed by atoms with van der Waals surface area (Å²) in [5, 5.41) is 3.40. The van der Waals surface area contributed by atoms with E-state index in [9.17, 15) is 4.39 Å². The Kier molecular flexibility index (Phi) is 2.48. The molecule has 0 spiro atoms. The first-order valence-corrected chi connectivity index (χ1v) is 5.89. The second-order valence-electron chi connectivity index (χ2n) is 4.51. The van der Waals surface area contributed by atoms with E-state index in [2.05, 4.69) is 10.3 Å². The lowest BCUT2D eigenvalue weighted by Gasteiger charge is -2.12. The predicted molar refractivity (Wildman–Crippen MR) is 65.1 cm³/mol. The summed E-state index contributed by atoms with van der Waals surface area (Å²) in [7, 11) is 0. The van der Waals surface area contributed by atoms with E-state index >= 15 is 0 Å². The van der Waals surface area contributed by atoms with Gasteiger partial charge in [-0.25, -0.2) is 9.37 Å². The highest BCUT2D eigenvalue weighted by molar-refractivity contribution is 5.78. The average Bonchev–Trinajstić information content (AvgIpc) is 2.90. The smallest absolute Gasteiger partial charge is 0.201 e. The highest BCUT2D eigenvalue weighted by atomic mass is 19.1. The van der Waals surface area contributed by atoms with Crippen LogP contribution >= 0.6 is 0 Å². The van der Waals surface area contributed by atoms with Crippen molar-refractivity contribution in [2.24, 2.45) is 0 Å². The Bertz CT molecular complexity index is 543. The van der Waals surface area contributed by atoms with Crippen LogP contribution in [-0.2, 0) is 6.54 Å². The van der Waals surface area contributed by atoms with Crippen molar-refractivity contribution >= 4 is 17.0 Å². The van der Waals surface area contributed by atoms with Gasteiger partial charge in [-0.15, -0.1) is 0 Å². The highest BCUT2D eigenvalue weighted by Gasteiger charge is 2.17. The van der Waals surface area contributed by atoms with Crippen LogP contribution < -0.4 is 11.1 Å². The van der Waals surface area contributed by atoms with Crippen molar-refractivity contribution in [1.29, 1.82) is 0 Å². The summed E-state index contributed by atoms with van der Waals surface area (Å²) in [5.41, 5.74) is 7.41. The molecule has 1 saturated heterocycles. The molecular formula is C12H15FN4. The van der Waals surface area contributed by atoms with Crippen LogP contribution in [0.4, 0.5) is 10.3 Å². The number of hydrogen-bond acceptors (Lipinski definition) is 3. The van der Waals surface area contributed by atoms with Crippen LogP contribution in [0.3, 0.4) is 0 Å². The molecule has 1 aromatic carbocycles. The van der Waals surface area contributed by atoms with Crippen LogP contribution in [0, 0.1) is 5.82 Å². The molecule has 2 heterocycles. The Balaban J connectivity index is 2.01. The van der Waals surface area contributed by atoms with Gasteiger partial charge in [-0.2, -0.15) is 0 Å². The summed E-state index contributed by atoms with van der Waals surface area (Å²) < 4.78 is 15.1. The monoisotopic (exact) mass is 234 g/mol. The van der Waals surface area contributed by atoms with E-state index in [0.717, 1.165) is 30.5 Å². The number of nitrogen functional groups attached to an aromatic ring is 1. The van der Waals surface area contributed by atoms with E-state index in [1.54, 1.807) is 6.07 Å². The van der Waals surface area contributed by atoms with Crippen molar-refractivity contribution in [3.8, 4) is 0 Å². The Labute approximate surface area is 98.6 Å². The number of anilines is 1. The number of halogens is 1. The van der Waals surface area contributed by atoms with Gasteiger partial charge >= 0.3 is 0 Å². The first-order chi connectivity index (χ1) is 8.24. The molecule has 0 bridgehead atoms. The van der Waals surface area contributed by atoms with Gasteiger partial charge in [0.15, 0.2) is 0 Å². The molecule has 3 N–H and O–H groups in total. The standard InChI is InChI=1S/C12H15FN4/c13-8-3-4-10-11(6-8)17(12(14)16-10)7-9-2-1-5-15-9/h3-4,6,9,15H,1-2,5,7H2,(H2,14,16). The van der Waals surface area contributed by atoms with Gasteiger partial charge in [0, 0.05) is 12.6 Å². The number of nitrogens with two attached hydrogens (primary N) is 1. The summed E-state index contributed by atoms with van der Waals surface area (Å²) in [4.78, 5) is 4.24. The first kappa shape index (κ1) is 10.5. The Hall–Kier alpha value is -1.62. The van der Waals surface area contributed by atoms with Gasteiger partial charge < -0.3 is 15.6 Å². The molecule has 17 heavy (non-hydrogen) atoms. The summed E-state index contributed by atoms with van der Waals surface area (Å²) in [5.74, 6) is 0.206. The van der Waals surface area contributed by atoms with E-state index < -0.39 is 0 Å². The zero-order valence-corrected chi connectivity index (χ0v) is 9.49. The highest BCUT2D eigenvalue weighted by Crippen LogP contribution is 2.20. The van der Waals surface area contributed by atoms with Crippen molar-refractivity contribution in [1.82, 2.24) is 14.9 Å². The predicted octanol–water partition coefficient (Wildman–Crippen LogP) is 1.51. The number of fused-ring (bicyclic) bond motifs is 1. The summed E-state index contributed by atoms with van der Waals surface area (Å²) in [6.45, 7) is 1.80. The molecule has 3 rings (SSSR count). The molecule has 1 unspecified atom stereocenters. The molecule has 1 aliphatic heterocycles. The number of nitrogens with one attached hydrogen (secondary N) is 1. The summed E-state index contributed by atoms with van der Waals surface area (Å²) in [6.07, 6.45) is 2.32. The molecule has 1 fully saturated rings. The van der Waals surface area contributed by atoms with Gasteiger partial charge in [-0.3, -0.25) is 0 Å². The summed E-state index contributed by atoms with van der Waals surface area (Å²) >= 11 is 0. The fraction of sp³-hybridized carbons (Fsp3) is 0.417. The second-order valence-corrected chi connectivity index (χ2v) is 4.51.